The van der Waals surface area contributed by atoms with Gasteiger partial charge in [0.25, 0.3) is 11.8 Å². The van der Waals surface area contributed by atoms with Gasteiger partial charge in [-0.3, -0.25) is 9.59 Å². The lowest BCUT2D eigenvalue weighted by atomic mass is 10.2. The number of hydrogen-bond donors (Lipinski definition) is 2. The zero-order chi connectivity index (χ0) is 25.2. The predicted octanol–water partition coefficient (Wildman–Crippen LogP) is 4.60. The van der Waals surface area contributed by atoms with Crippen LogP contribution in [0.2, 0.25) is 5.02 Å². The number of nitrogens with one attached hydrogen (secondary N) is 2. The molecule has 0 aliphatic rings. The Hall–Kier alpha value is -3.69. The lowest BCUT2D eigenvalue weighted by Gasteiger charge is -2.09. The van der Waals surface area contributed by atoms with E-state index < -0.39 is 17.8 Å². The second-order valence-electron chi connectivity index (χ2n) is 7.01. The molecule has 0 heterocycles. The van der Waals surface area contributed by atoms with Gasteiger partial charge in [-0.1, -0.05) is 27.5 Å². The molecular formula is C25H21BrClN3O5. The summed E-state index contributed by atoms with van der Waals surface area (Å²) in [4.78, 5) is 36.7. The minimum Gasteiger partial charge on any atom is -0.494 e. The van der Waals surface area contributed by atoms with Crippen LogP contribution >= 0.6 is 27.5 Å². The highest BCUT2D eigenvalue weighted by Crippen LogP contribution is 2.23. The van der Waals surface area contributed by atoms with Gasteiger partial charge in [-0.15, -0.1) is 0 Å². The van der Waals surface area contributed by atoms with Crippen molar-refractivity contribution < 1.29 is 23.9 Å². The summed E-state index contributed by atoms with van der Waals surface area (Å²) < 4.78 is 11.6. The van der Waals surface area contributed by atoms with Crippen molar-refractivity contribution in [3.8, 4) is 11.5 Å². The van der Waals surface area contributed by atoms with Gasteiger partial charge in [-0.25, -0.2) is 10.2 Å². The molecule has 0 atom stereocenters. The lowest BCUT2D eigenvalue weighted by Crippen LogP contribution is -2.34. The molecular weight excluding hydrogens is 538 g/mol. The third-order valence-electron chi connectivity index (χ3n) is 4.48. The van der Waals surface area contributed by atoms with Gasteiger partial charge in [0.05, 0.1) is 24.9 Å². The molecule has 3 aromatic carbocycles. The molecule has 0 unspecified atom stereocenters. The van der Waals surface area contributed by atoms with E-state index in [1.807, 2.05) is 6.92 Å². The van der Waals surface area contributed by atoms with Crippen molar-refractivity contribution in [1.82, 2.24) is 10.7 Å². The summed E-state index contributed by atoms with van der Waals surface area (Å²) in [6.07, 6.45) is 1.34. The third kappa shape index (κ3) is 7.94. The van der Waals surface area contributed by atoms with Gasteiger partial charge in [0.15, 0.2) is 0 Å². The summed E-state index contributed by atoms with van der Waals surface area (Å²) in [6.45, 7) is 2.12. The second kappa shape index (κ2) is 12.7. The van der Waals surface area contributed by atoms with E-state index in [4.69, 9.17) is 21.1 Å². The maximum absolute atomic E-state index is 12.6. The summed E-state index contributed by atoms with van der Waals surface area (Å²) in [7, 11) is 0. The van der Waals surface area contributed by atoms with E-state index in [9.17, 15) is 14.4 Å². The number of hydrazone groups is 1. The van der Waals surface area contributed by atoms with Crippen molar-refractivity contribution in [2.24, 2.45) is 5.10 Å². The van der Waals surface area contributed by atoms with Crippen molar-refractivity contribution in [2.45, 2.75) is 6.92 Å². The number of halogens is 2. The van der Waals surface area contributed by atoms with Crippen LogP contribution in [0.3, 0.4) is 0 Å². The van der Waals surface area contributed by atoms with E-state index in [2.05, 4.69) is 31.8 Å². The number of esters is 1. The van der Waals surface area contributed by atoms with Gasteiger partial charge in [-0.05, 0) is 73.7 Å². The van der Waals surface area contributed by atoms with Gasteiger partial charge in [0.1, 0.15) is 11.5 Å². The summed E-state index contributed by atoms with van der Waals surface area (Å²) in [5, 5.41) is 6.89. The fourth-order valence-electron chi connectivity index (χ4n) is 2.80. The Morgan fingerprint density at radius 2 is 1.69 bits per heavy atom. The second-order valence-corrected chi connectivity index (χ2v) is 8.36. The molecule has 0 aromatic heterocycles. The third-order valence-corrected chi connectivity index (χ3v) is 5.23. The Morgan fingerprint density at radius 3 is 2.37 bits per heavy atom. The number of ether oxygens (including phenoxy) is 2. The first-order valence-electron chi connectivity index (χ1n) is 10.5. The molecule has 0 aliphatic carbocycles. The average molecular weight is 559 g/mol. The number of amides is 2. The zero-order valence-corrected chi connectivity index (χ0v) is 20.9. The standard InChI is InChI=1S/C25H21BrClN3O5/c1-2-34-21-10-5-17(6-11-21)25(33)35-22-12-7-19(26)13-18(22)14-29-30-23(31)15-28-24(32)16-3-8-20(27)9-4-16/h3-14H,2,15H2,1H3,(H,28,32)(H,30,31)/b29-14+. The van der Waals surface area contributed by atoms with Gasteiger partial charge >= 0.3 is 5.97 Å². The number of nitrogens with zero attached hydrogens (tertiary/aromatic N) is 1. The van der Waals surface area contributed by atoms with Gasteiger partial charge in [0, 0.05) is 20.6 Å². The SMILES string of the molecule is CCOc1ccc(C(=O)Oc2ccc(Br)cc2/C=N/NC(=O)CNC(=O)c2ccc(Cl)cc2)cc1. The lowest BCUT2D eigenvalue weighted by molar-refractivity contribution is -0.120. The van der Waals surface area contributed by atoms with Crippen LogP contribution in [-0.2, 0) is 4.79 Å². The number of hydrogen-bond acceptors (Lipinski definition) is 6. The molecule has 35 heavy (non-hydrogen) atoms. The van der Waals surface area contributed by atoms with E-state index in [0.29, 0.717) is 34.1 Å². The summed E-state index contributed by atoms with van der Waals surface area (Å²) in [5.74, 6) is -0.608. The van der Waals surface area contributed by atoms with Crippen molar-refractivity contribution in [1.29, 1.82) is 0 Å². The first-order chi connectivity index (χ1) is 16.9. The molecule has 8 nitrogen and oxygen atoms in total. The molecule has 180 valence electrons. The maximum Gasteiger partial charge on any atom is 0.343 e. The van der Waals surface area contributed by atoms with Gasteiger partial charge in [-0.2, -0.15) is 5.10 Å². The van der Waals surface area contributed by atoms with Crippen LogP contribution < -0.4 is 20.2 Å². The van der Waals surface area contributed by atoms with Crippen LogP contribution in [0, 0.1) is 0 Å². The fraction of sp³-hybridized carbons (Fsp3) is 0.120. The number of rotatable bonds is 9. The molecule has 2 amide bonds. The molecule has 0 aliphatic heterocycles. The highest BCUT2D eigenvalue weighted by Gasteiger charge is 2.12. The van der Waals surface area contributed by atoms with Crippen molar-refractivity contribution in [2.75, 3.05) is 13.2 Å². The van der Waals surface area contributed by atoms with Gasteiger partial charge < -0.3 is 14.8 Å². The smallest absolute Gasteiger partial charge is 0.343 e. The van der Waals surface area contributed by atoms with Crippen LogP contribution in [0.1, 0.15) is 33.2 Å². The predicted molar refractivity (Wildman–Crippen MR) is 136 cm³/mol. The minimum atomic E-state index is -0.557. The van der Waals surface area contributed by atoms with E-state index in [1.54, 1.807) is 66.7 Å². The molecule has 2 N–H and O–H groups in total. The van der Waals surface area contributed by atoms with E-state index in [-0.39, 0.29) is 12.3 Å². The maximum atomic E-state index is 12.6. The van der Waals surface area contributed by atoms with Crippen LogP contribution in [0.15, 0.2) is 76.3 Å². The van der Waals surface area contributed by atoms with Crippen molar-refractivity contribution in [3.63, 3.8) is 0 Å². The normalized spacial score (nSPS) is 10.6. The number of benzene rings is 3. The van der Waals surface area contributed by atoms with Crippen LogP contribution in [0.25, 0.3) is 0 Å². The molecule has 0 fully saturated rings. The quantitative estimate of drug-likeness (QED) is 0.173. The summed E-state index contributed by atoms with van der Waals surface area (Å²) in [5.41, 5.74) is 3.50. The molecule has 0 saturated heterocycles. The first-order valence-corrected chi connectivity index (χ1v) is 11.6. The Bertz CT molecular complexity index is 1230. The summed E-state index contributed by atoms with van der Waals surface area (Å²) >= 11 is 9.16. The highest BCUT2D eigenvalue weighted by molar-refractivity contribution is 9.10. The summed E-state index contributed by atoms with van der Waals surface area (Å²) in [6, 6.07) is 17.9. The number of carbonyl (C=O) groups is 3. The van der Waals surface area contributed by atoms with Crippen molar-refractivity contribution in [3.05, 3.63) is 92.9 Å². The van der Waals surface area contributed by atoms with E-state index >= 15 is 0 Å². The van der Waals surface area contributed by atoms with Gasteiger partial charge in [0.2, 0.25) is 0 Å². The fourth-order valence-corrected chi connectivity index (χ4v) is 3.31. The molecule has 0 spiro atoms. The van der Waals surface area contributed by atoms with Crippen LogP contribution in [0.4, 0.5) is 0 Å². The average Bonchev–Trinajstić information content (AvgIpc) is 2.85. The molecule has 10 heteroatoms. The number of carbonyl (C=O) groups excluding carboxylic acids is 3. The highest BCUT2D eigenvalue weighted by atomic mass is 79.9. The minimum absolute atomic E-state index is 0.251. The van der Waals surface area contributed by atoms with Crippen LogP contribution in [-0.4, -0.2) is 37.1 Å². The monoisotopic (exact) mass is 557 g/mol. The Labute approximate surface area is 215 Å². The molecule has 3 aromatic rings. The van der Waals surface area contributed by atoms with Crippen molar-refractivity contribution >= 4 is 51.5 Å². The largest absolute Gasteiger partial charge is 0.494 e. The zero-order valence-electron chi connectivity index (χ0n) is 18.6. The Kier molecular flexibility index (Phi) is 9.39. The molecule has 3 rings (SSSR count). The molecule has 0 bridgehead atoms. The van der Waals surface area contributed by atoms with E-state index in [0.717, 1.165) is 4.47 Å². The molecule has 0 radical (unpaired) electrons. The Balaban J connectivity index is 1.58. The van der Waals surface area contributed by atoms with Crippen LogP contribution in [0.5, 0.6) is 11.5 Å². The first kappa shape index (κ1) is 25.9. The topological polar surface area (TPSA) is 106 Å². The molecule has 0 saturated carbocycles. The Morgan fingerprint density at radius 1 is 1.00 bits per heavy atom. The van der Waals surface area contributed by atoms with E-state index in [1.165, 1.54) is 6.21 Å².